The number of anilines is 2. The van der Waals surface area contributed by atoms with E-state index in [1.54, 1.807) is 4.57 Å². The molecule has 0 amide bonds. The average molecular weight is 716 g/mol. The molecule has 252 valence electrons. The number of nitrogen functional groups attached to an aromatic ring is 2. The number of nitrogens with one attached hydrogen (secondary N) is 1. The third-order valence-corrected chi connectivity index (χ3v) is 12.0. The first-order valence-corrected chi connectivity index (χ1v) is 17.8. The summed E-state index contributed by atoms with van der Waals surface area (Å²) < 4.78 is 66.5. The van der Waals surface area contributed by atoms with Gasteiger partial charge in [-0.15, -0.1) is 0 Å². The predicted octanol–water partition coefficient (Wildman–Crippen LogP) is -0.221. The smallest absolute Gasteiger partial charge is 0.388 e. The van der Waals surface area contributed by atoms with Crippen molar-refractivity contribution in [2.75, 3.05) is 31.8 Å². The maximum atomic E-state index is 13.6. The summed E-state index contributed by atoms with van der Waals surface area (Å²) in [4.78, 5) is 53.5. The van der Waals surface area contributed by atoms with Crippen LogP contribution in [0, 0.1) is 11.3 Å². The molecule has 1 spiro atoms. The number of fused-ring (bicyclic) bond motifs is 4. The Balaban J connectivity index is 1.15. The van der Waals surface area contributed by atoms with Crippen molar-refractivity contribution in [3.05, 3.63) is 27.9 Å². The fourth-order valence-corrected chi connectivity index (χ4v) is 9.93. The Hall–Kier alpha value is -2.98. The molecule has 47 heavy (non-hydrogen) atoms. The lowest BCUT2D eigenvalue weighted by Crippen LogP contribution is -2.38. The standard InChI is InChI=1S/C23H27N9O12P2S/c1-39-14-8-3-40-45(35,36)44-18-13(33)12(32-6-28-11-19(24)26-5-27-20(11)32)7-2-23(7,18)4-41-46(37,38)43-15(14)16(42-8)17-9-10(31-47-17)21(34)30-22(25)29-9/h5-8,12-16,18,33H,2-4H2,1H3,(H,35,36)(H,37,38)(H2,24,26,27)(H3,25,29,30,34)/t7-,8-,12-,13+,14-,15-,16-,18+,23?/m1/s1. The van der Waals surface area contributed by atoms with Gasteiger partial charge in [0, 0.05) is 12.5 Å². The maximum Gasteiger partial charge on any atom is 0.472 e. The fourth-order valence-electron chi connectivity index (χ4n) is 7.02. The Morgan fingerprint density at radius 3 is 2.70 bits per heavy atom. The number of aliphatic hydroxyl groups excluding tert-OH is 1. The maximum absolute atomic E-state index is 13.6. The lowest BCUT2D eigenvalue weighted by atomic mass is 10.0. The van der Waals surface area contributed by atoms with Crippen LogP contribution < -0.4 is 17.0 Å². The lowest BCUT2D eigenvalue weighted by molar-refractivity contribution is -0.0538. The molecular formula is C23H27N9O12P2S. The highest BCUT2D eigenvalue weighted by Crippen LogP contribution is 2.72. The van der Waals surface area contributed by atoms with Crippen LogP contribution in [0.2, 0.25) is 0 Å². The number of rotatable bonds is 3. The third-order valence-electron chi connectivity index (χ3n) is 9.15. The number of aromatic amines is 1. The second kappa shape index (κ2) is 10.8. The predicted molar refractivity (Wildman–Crippen MR) is 157 cm³/mol. The van der Waals surface area contributed by atoms with E-state index in [9.17, 15) is 28.8 Å². The number of H-pyrrole nitrogens is 1. The molecule has 4 aromatic heterocycles. The van der Waals surface area contributed by atoms with Crippen molar-refractivity contribution in [3.63, 3.8) is 0 Å². The zero-order valence-electron chi connectivity index (χ0n) is 24.1. The highest BCUT2D eigenvalue weighted by molar-refractivity contribution is 7.47. The quantitative estimate of drug-likeness (QED) is 0.149. The fraction of sp³-hybridized carbons (Fsp3) is 0.565. The molecule has 2 bridgehead atoms. The number of hydrogen-bond acceptors (Lipinski definition) is 18. The van der Waals surface area contributed by atoms with Gasteiger partial charge >= 0.3 is 15.6 Å². The molecule has 21 nitrogen and oxygen atoms in total. The van der Waals surface area contributed by atoms with E-state index < -0.39 is 88.4 Å². The average Bonchev–Trinajstić information content (AvgIpc) is 3.30. The van der Waals surface area contributed by atoms with Gasteiger partial charge < -0.3 is 40.4 Å². The highest BCUT2D eigenvalue weighted by Gasteiger charge is 2.74. The second-order valence-electron chi connectivity index (χ2n) is 11.7. The van der Waals surface area contributed by atoms with Crippen LogP contribution in [0.1, 0.15) is 23.4 Å². The van der Waals surface area contributed by atoms with Crippen LogP contribution in [0.25, 0.3) is 22.2 Å². The highest BCUT2D eigenvalue weighted by atomic mass is 32.1. The van der Waals surface area contributed by atoms with Crippen molar-refractivity contribution in [2.24, 2.45) is 11.3 Å². The summed E-state index contributed by atoms with van der Waals surface area (Å²) in [7, 11) is -8.64. The normalized spacial score (nSPS) is 40.4. The van der Waals surface area contributed by atoms with E-state index in [4.69, 9.17) is 39.0 Å². The van der Waals surface area contributed by atoms with Crippen LogP contribution in [0.3, 0.4) is 0 Å². The lowest BCUT2D eigenvalue weighted by Gasteiger charge is -2.30. The molecule has 0 aromatic carbocycles. The van der Waals surface area contributed by atoms with Crippen molar-refractivity contribution in [1.82, 2.24) is 33.9 Å². The molecule has 4 aliphatic rings. The van der Waals surface area contributed by atoms with E-state index in [0.29, 0.717) is 5.65 Å². The summed E-state index contributed by atoms with van der Waals surface area (Å²) in [5, 5.41) is 11.5. The minimum Gasteiger partial charge on any atom is -0.388 e. The number of methoxy groups -OCH3 is 1. The van der Waals surface area contributed by atoms with Gasteiger partial charge in [0.2, 0.25) is 5.95 Å². The van der Waals surface area contributed by atoms with Crippen molar-refractivity contribution in [2.45, 2.75) is 49.1 Å². The number of hydrogen-bond donors (Lipinski definition) is 6. The first-order valence-electron chi connectivity index (χ1n) is 14.1. The van der Waals surface area contributed by atoms with Gasteiger partial charge in [0.05, 0.1) is 30.5 Å². The summed E-state index contributed by atoms with van der Waals surface area (Å²) in [5.74, 6) is -0.579. The first kappa shape index (κ1) is 31.3. The second-order valence-corrected chi connectivity index (χ2v) is 15.3. The zero-order valence-corrected chi connectivity index (χ0v) is 26.7. The van der Waals surface area contributed by atoms with E-state index in [0.717, 1.165) is 11.5 Å². The van der Waals surface area contributed by atoms with Gasteiger partial charge in [-0.1, -0.05) is 0 Å². The van der Waals surface area contributed by atoms with Crippen LogP contribution in [0.4, 0.5) is 11.8 Å². The number of aliphatic hydroxyl groups is 1. The van der Waals surface area contributed by atoms with Gasteiger partial charge in [0.15, 0.2) is 17.0 Å². The molecule has 11 atom stereocenters. The summed E-state index contributed by atoms with van der Waals surface area (Å²) >= 11 is 0.817. The molecule has 2 saturated carbocycles. The number of phosphoric ester groups is 2. The van der Waals surface area contributed by atoms with E-state index in [1.807, 2.05) is 0 Å². The Bertz CT molecular complexity index is 2060. The van der Waals surface area contributed by atoms with Crippen molar-refractivity contribution in [3.8, 4) is 0 Å². The molecule has 3 unspecified atom stereocenters. The molecule has 2 aliphatic heterocycles. The van der Waals surface area contributed by atoms with Crippen LogP contribution >= 0.6 is 27.2 Å². The number of nitrogens with zero attached hydrogens (tertiary/aromatic N) is 6. The third kappa shape index (κ3) is 4.94. The van der Waals surface area contributed by atoms with Gasteiger partial charge in [-0.3, -0.25) is 27.9 Å². The summed E-state index contributed by atoms with van der Waals surface area (Å²) in [6.07, 6.45) is -4.90. The molecule has 2 aliphatic carbocycles. The molecule has 6 heterocycles. The van der Waals surface area contributed by atoms with Crippen molar-refractivity contribution >= 4 is 61.1 Å². The number of ether oxygens (including phenoxy) is 2. The zero-order chi connectivity index (χ0) is 33.0. The number of imidazole rings is 1. The Labute approximate surface area is 266 Å². The van der Waals surface area contributed by atoms with Crippen molar-refractivity contribution in [1.29, 1.82) is 0 Å². The topological polar surface area (TPSA) is 304 Å². The molecule has 4 fully saturated rings. The molecule has 4 aromatic rings. The van der Waals surface area contributed by atoms with Gasteiger partial charge in [-0.2, -0.15) is 4.37 Å². The van der Waals surface area contributed by atoms with Crippen LogP contribution in [0.5, 0.6) is 0 Å². The molecule has 24 heteroatoms. The summed E-state index contributed by atoms with van der Waals surface area (Å²) in [6, 6.07) is -0.806. The largest absolute Gasteiger partial charge is 0.472 e. The van der Waals surface area contributed by atoms with Gasteiger partial charge in [-0.05, 0) is 23.9 Å². The van der Waals surface area contributed by atoms with Gasteiger partial charge in [0.1, 0.15) is 54.0 Å². The Morgan fingerprint density at radius 2 is 1.91 bits per heavy atom. The minimum atomic E-state index is -4.96. The summed E-state index contributed by atoms with van der Waals surface area (Å²) in [5.41, 5.74) is 10.4. The van der Waals surface area contributed by atoms with E-state index >= 15 is 0 Å². The van der Waals surface area contributed by atoms with E-state index in [1.165, 1.54) is 19.8 Å². The van der Waals surface area contributed by atoms with Crippen molar-refractivity contribution < 1.29 is 51.6 Å². The summed E-state index contributed by atoms with van der Waals surface area (Å²) in [6.45, 7) is -1.14. The molecule has 8 rings (SSSR count). The molecule has 0 radical (unpaired) electrons. The SMILES string of the molecule is CO[C@H]1[C@H]2OP(=O)(O)OCC34C[C@@H]3[C@@H](n3cnc5c(N)ncnc53)[C@H](O)[C@@H]4OP(=O)(O)OC[C@H]1O[C@H]2c1snc2c(=O)[nH]c(N)nc12. The van der Waals surface area contributed by atoms with Crippen LogP contribution in [-0.4, -0.2) is 99.6 Å². The number of aromatic nitrogens is 7. The minimum absolute atomic E-state index is 0.0552. The Morgan fingerprint density at radius 1 is 1.13 bits per heavy atom. The monoisotopic (exact) mass is 715 g/mol. The van der Waals surface area contributed by atoms with E-state index in [-0.39, 0.29) is 39.6 Å². The molecular weight excluding hydrogens is 688 g/mol. The number of phosphoric acid groups is 2. The molecule has 8 N–H and O–H groups in total. The van der Waals surface area contributed by atoms with Gasteiger partial charge in [0.25, 0.3) is 5.56 Å². The van der Waals surface area contributed by atoms with E-state index in [2.05, 4.69) is 29.3 Å². The first-order chi connectivity index (χ1) is 22.3. The van der Waals surface area contributed by atoms with Crippen LogP contribution in [0.15, 0.2) is 17.4 Å². The van der Waals surface area contributed by atoms with Gasteiger partial charge in [-0.25, -0.2) is 29.1 Å². The number of nitrogens with two attached hydrogens (primary N) is 2. The molecule has 2 saturated heterocycles. The Kier molecular flexibility index (Phi) is 7.17. The van der Waals surface area contributed by atoms with Crippen LogP contribution in [-0.2, 0) is 36.7 Å².